The van der Waals surface area contributed by atoms with Crippen molar-refractivity contribution in [1.29, 1.82) is 0 Å². The van der Waals surface area contributed by atoms with E-state index >= 15 is 0 Å². The van der Waals surface area contributed by atoms with Gasteiger partial charge >= 0.3 is 0 Å². The molecule has 1 aromatic heterocycles. The number of benzene rings is 1. The van der Waals surface area contributed by atoms with Gasteiger partial charge < -0.3 is 9.64 Å². The maximum absolute atomic E-state index is 12.7. The van der Waals surface area contributed by atoms with Crippen LogP contribution in [0.15, 0.2) is 18.2 Å². The molecule has 0 unspecified atom stereocenters. The van der Waals surface area contributed by atoms with Gasteiger partial charge in [-0.15, -0.1) is 0 Å². The van der Waals surface area contributed by atoms with E-state index in [4.69, 9.17) is 4.74 Å². The van der Waals surface area contributed by atoms with Crippen LogP contribution in [0.1, 0.15) is 47.3 Å². The van der Waals surface area contributed by atoms with Crippen LogP contribution in [-0.2, 0) is 28.8 Å². The van der Waals surface area contributed by atoms with E-state index in [1.54, 1.807) is 0 Å². The summed E-state index contributed by atoms with van der Waals surface area (Å²) < 4.78 is 5.74. The van der Waals surface area contributed by atoms with Crippen molar-refractivity contribution in [3.05, 3.63) is 46.5 Å². The highest BCUT2D eigenvalue weighted by molar-refractivity contribution is 5.79. The number of hydrogen-bond acceptors (Lipinski definition) is 4. The van der Waals surface area contributed by atoms with Crippen molar-refractivity contribution in [3.63, 3.8) is 0 Å². The van der Waals surface area contributed by atoms with Crippen molar-refractivity contribution in [1.82, 2.24) is 20.1 Å². The molecule has 1 aliphatic carbocycles. The average molecular weight is 340 g/mol. The van der Waals surface area contributed by atoms with E-state index in [1.165, 1.54) is 30.4 Å². The van der Waals surface area contributed by atoms with E-state index in [9.17, 15) is 4.79 Å². The summed E-state index contributed by atoms with van der Waals surface area (Å²) >= 11 is 0. The van der Waals surface area contributed by atoms with Gasteiger partial charge in [-0.3, -0.25) is 9.89 Å². The van der Waals surface area contributed by atoms with E-state index in [0.29, 0.717) is 31.9 Å². The molecule has 2 aromatic rings. The number of nitrogens with one attached hydrogen (secondary N) is 1. The fraction of sp³-hybridized carbons (Fsp3) is 0.526. The van der Waals surface area contributed by atoms with Gasteiger partial charge in [0.05, 0.1) is 19.6 Å². The molecule has 1 amide bonds. The molecule has 2 aliphatic rings. The number of morpholine rings is 1. The first kappa shape index (κ1) is 16.3. The van der Waals surface area contributed by atoms with E-state index in [1.807, 2.05) is 11.8 Å². The number of aromatic nitrogens is 3. The average Bonchev–Trinajstić information content (AvgIpc) is 3.08. The fourth-order valence-electron chi connectivity index (χ4n) is 3.72. The van der Waals surface area contributed by atoms with Crippen molar-refractivity contribution >= 4 is 5.91 Å². The van der Waals surface area contributed by atoms with Gasteiger partial charge in [-0.05, 0) is 49.3 Å². The lowest BCUT2D eigenvalue weighted by atomic mass is 9.90. The molecule has 1 aromatic carbocycles. The van der Waals surface area contributed by atoms with Gasteiger partial charge in [-0.25, -0.2) is 4.98 Å². The molecule has 25 heavy (non-hydrogen) atoms. The summed E-state index contributed by atoms with van der Waals surface area (Å²) in [5, 5.41) is 7.00. The van der Waals surface area contributed by atoms with Crippen molar-refractivity contribution in [2.75, 3.05) is 19.7 Å². The van der Waals surface area contributed by atoms with Gasteiger partial charge in [-0.1, -0.05) is 18.2 Å². The molecule has 1 atom stereocenters. The van der Waals surface area contributed by atoms with Crippen LogP contribution in [0.3, 0.4) is 0 Å². The zero-order valence-corrected chi connectivity index (χ0v) is 14.6. The number of amides is 1. The molecule has 6 nitrogen and oxygen atoms in total. The quantitative estimate of drug-likeness (QED) is 0.929. The van der Waals surface area contributed by atoms with Gasteiger partial charge in [-0.2, -0.15) is 5.10 Å². The first-order valence-corrected chi connectivity index (χ1v) is 9.08. The highest BCUT2D eigenvalue weighted by atomic mass is 16.5. The van der Waals surface area contributed by atoms with Crippen LogP contribution < -0.4 is 0 Å². The Morgan fingerprint density at radius 2 is 2.16 bits per heavy atom. The molecular formula is C19H24N4O2. The molecule has 1 saturated heterocycles. The normalized spacial score (nSPS) is 20.4. The minimum absolute atomic E-state index is 0.149. The van der Waals surface area contributed by atoms with E-state index in [0.717, 1.165) is 17.8 Å². The molecular weight excluding hydrogens is 316 g/mol. The number of carbonyl (C=O) groups is 1. The third kappa shape index (κ3) is 3.58. The number of ether oxygens (including phenoxy) is 1. The number of H-pyrrole nitrogens is 1. The second-order valence-corrected chi connectivity index (χ2v) is 6.97. The van der Waals surface area contributed by atoms with Crippen molar-refractivity contribution < 1.29 is 9.53 Å². The first-order valence-electron chi connectivity index (χ1n) is 9.08. The number of hydrogen-bond donors (Lipinski definition) is 1. The predicted molar refractivity (Wildman–Crippen MR) is 93.2 cm³/mol. The third-order valence-electron chi connectivity index (χ3n) is 5.09. The minimum Gasteiger partial charge on any atom is -0.366 e. The number of rotatable bonds is 3. The van der Waals surface area contributed by atoms with E-state index < -0.39 is 0 Å². The van der Waals surface area contributed by atoms with E-state index in [2.05, 4.69) is 33.4 Å². The highest BCUT2D eigenvalue weighted by Crippen LogP contribution is 2.23. The van der Waals surface area contributed by atoms with Gasteiger partial charge in [0.2, 0.25) is 5.91 Å². The lowest BCUT2D eigenvalue weighted by molar-refractivity contribution is -0.138. The predicted octanol–water partition coefficient (Wildman–Crippen LogP) is 2.13. The summed E-state index contributed by atoms with van der Waals surface area (Å²) in [5.41, 5.74) is 3.99. The maximum atomic E-state index is 12.7. The van der Waals surface area contributed by atoms with E-state index in [-0.39, 0.29) is 12.0 Å². The monoisotopic (exact) mass is 340 g/mol. The summed E-state index contributed by atoms with van der Waals surface area (Å²) in [7, 11) is 0. The largest absolute Gasteiger partial charge is 0.366 e. The fourth-order valence-corrected chi connectivity index (χ4v) is 3.72. The zero-order valence-electron chi connectivity index (χ0n) is 14.6. The molecule has 1 N–H and O–H groups in total. The Morgan fingerprint density at radius 1 is 1.32 bits per heavy atom. The number of nitrogens with zero attached hydrogens (tertiary/aromatic N) is 3. The lowest BCUT2D eigenvalue weighted by Crippen LogP contribution is -2.43. The molecule has 2 heterocycles. The molecule has 0 bridgehead atoms. The van der Waals surface area contributed by atoms with Crippen LogP contribution in [0, 0.1) is 6.92 Å². The number of carbonyl (C=O) groups excluding carboxylic acids is 1. The minimum atomic E-state index is -0.244. The number of aryl methyl sites for hydroxylation is 3. The Labute approximate surface area is 147 Å². The maximum Gasteiger partial charge on any atom is 0.227 e. The van der Waals surface area contributed by atoms with Gasteiger partial charge in [0.15, 0.2) is 5.82 Å². The Bertz CT molecular complexity index is 771. The summed E-state index contributed by atoms with van der Waals surface area (Å²) in [5.74, 6) is 1.54. The Kier molecular flexibility index (Phi) is 4.53. The first-order chi connectivity index (χ1) is 12.2. The molecule has 0 saturated carbocycles. The molecule has 0 radical (unpaired) electrons. The third-order valence-corrected chi connectivity index (χ3v) is 5.09. The Balaban J connectivity index is 1.42. The summed E-state index contributed by atoms with van der Waals surface area (Å²) in [6.45, 7) is 3.53. The van der Waals surface area contributed by atoms with Gasteiger partial charge in [0, 0.05) is 6.54 Å². The van der Waals surface area contributed by atoms with Crippen molar-refractivity contribution in [2.45, 2.75) is 45.1 Å². The zero-order chi connectivity index (χ0) is 17.2. The van der Waals surface area contributed by atoms with Gasteiger partial charge in [0.1, 0.15) is 11.9 Å². The smallest absolute Gasteiger partial charge is 0.227 e. The molecule has 132 valence electrons. The van der Waals surface area contributed by atoms with Crippen LogP contribution in [0.25, 0.3) is 0 Å². The van der Waals surface area contributed by atoms with Crippen molar-refractivity contribution in [3.8, 4) is 0 Å². The van der Waals surface area contributed by atoms with Gasteiger partial charge in [0.25, 0.3) is 0 Å². The molecule has 0 spiro atoms. The lowest BCUT2D eigenvalue weighted by Gasteiger charge is -2.31. The number of fused-ring (bicyclic) bond motifs is 1. The Hall–Kier alpha value is -2.21. The van der Waals surface area contributed by atoms with Crippen LogP contribution in [-0.4, -0.2) is 45.7 Å². The van der Waals surface area contributed by atoms with Crippen LogP contribution in [0.2, 0.25) is 0 Å². The van der Waals surface area contributed by atoms with Crippen LogP contribution in [0.5, 0.6) is 0 Å². The Morgan fingerprint density at radius 3 is 2.96 bits per heavy atom. The van der Waals surface area contributed by atoms with Crippen LogP contribution >= 0.6 is 0 Å². The van der Waals surface area contributed by atoms with Crippen LogP contribution in [0.4, 0.5) is 0 Å². The molecule has 6 heteroatoms. The summed E-state index contributed by atoms with van der Waals surface area (Å²) in [4.78, 5) is 18.9. The second kappa shape index (κ2) is 6.96. The molecule has 4 rings (SSSR count). The number of aromatic amines is 1. The standard InChI is InChI=1S/C19H24N4O2/c1-13-20-19(22-21-13)17-12-23(8-9-25-17)18(24)11-14-6-7-15-4-2-3-5-16(15)10-14/h6-7,10,17H,2-5,8-9,11-12H2,1H3,(H,20,21,22)/t17-/m1/s1. The topological polar surface area (TPSA) is 71.1 Å². The summed E-state index contributed by atoms with van der Waals surface area (Å²) in [6.07, 6.45) is 5.05. The van der Waals surface area contributed by atoms with Crippen molar-refractivity contribution in [2.24, 2.45) is 0 Å². The SMILES string of the molecule is Cc1nc([C@H]2CN(C(=O)Cc3ccc4c(c3)CCCC4)CCO2)n[nH]1. The summed E-state index contributed by atoms with van der Waals surface area (Å²) in [6, 6.07) is 6.54. The molecule has 1 fully saturated rings. The highest BCUT2D eigenvalue weighted by Gasteiger charge is 2.28. The molecule has 1 aliphatic heterocycles. The second-order valence-electron chi connectivity index (χ2n) is 6.97.